The third-order valence-electron chi connectivity index (χ3n) is 5.48. The average molecular weight is 583 g/mol. The summed E-state index contributed by atoms with van der Waals surface area (Å²) < 4.78 is 18.8. The number of rotatable bonds is 7. The van der Waals surface area contributed by atoms with Gasteiger partial charge in [-0.1, -0.05) is 58.1 Å². The van der Waals surface area contributed by atoms with Gasteiger partial charge in [0.05, 0.1) is 29.0 Å². The molecular weight excluding hydrogens is 560 g/mol. The molecule has 10 heteroatoms. The Kier molecular flexibility index (Phi) is 7.89. The molecule has 3 aromatic rings. The summed E-state index contributed by atoms with van der Waals surface area (Å²) in [7, 11) is 1.44. The van der Waals surface area contributed by atoms with Crippen molar-refractivity contribution in [2.24, 2.45) is 4.99 Å². The van der Waals surface area contributed by atoms with Gasteiger partial charge in [0.2, 0.25) is 0 Å². The topological polar surface area (TPSA) is 96.2 Å². The molecule has 1 aliphatic rings. The Bertz CT molecular complexity index is 1620. The zero-order chi connectivity index (χ0) is 26.7. The SMILES string of the molecule is C=CCOC(=O)C1=C(C)N=c2sc(=Cc3cccc(Br)c3)c(=O)n2C1c1ccc(OC(C)=O)c(OC)c1. The van der Waals surface area contributed by atoms with E-state index in [1.807, 2.05) is 24.3 Å². The molecule has 1 aromatic heterocycles. The number of hydrogen-bond acceptors (Lipinski definition) is 8. The number of fused-ring (bicyclic) bond motifs is 1. The third kappa shape index (κ3) is 5.50. The van der Waals surface area contributed by atoms with Crippen molar-refractivity contribution in [3.63, 3.8) is 0 Å². The Labute approximate surface area is 225 Å². The lowest BCUT2D eigenvalue weighted by atomic mass is 9.95. The number of ether oxygens (including phenoxy) is 3. The second kappa shape index (κ2) is 11.1. The second-order valence-electron chi connectivity index (χ2n) is 8.03. The Morgan fingerprint density at radius 2 is 2.00 bits per heavy atom. The number of halogens is 1. The quantitative estimate of drug-likeness (QED) is 0.240. The van der Waals surface area contributed by atoms with E-state index in [0.717, 1.165) is 10.0 Å². The van der Waals surface area contributed by atoms with Crippen LogP contribution in [0.4, 0.5) is 0 Å². The summed E-state index contributed by atoms with van der Waals surface area (Å²) in [6, 6.07) is 11.6. The van der Waals surface area contributed by atoms with Crippen LogP contribution in [0.15, 0.2) is 80.6 Å². The molecule has 0 saturated carbocycles. The van der Waals surface area contributed by atoms with Crippen LogP contribution in [-0.2, 0) is 14.3 Å². The largest absolute Gasteiger partial charge is 0.493 e. The highest BCUT2D eigenvalue weighted by molar-refractivity contribution is 9.10. The molecule has 8 nitrogen and oxygen atoms in total. The van der Waals surface area contributed by atoms with Gasteiger partial charge in [-0.2, -0.15) is 0 Å². The zero-order valence-electron chi connectivity index (χ0n) is 20.3. The Morgan fingerprint density at radius 1 is 1.22 bits per heavy atom. The van der Waals surface area contributed by atoms with E-state index >= 15 is 0 Å². The molecule has 0 bridgehead atoms. The summed E-state index contributed by atoms with van der Waals surface area (Å²) in [6.45, 7) is 6.59. The fourth-order valence-electron chi connectivity index (χ4n) is 3.95. The first-order valence-corrected chi connectivity index (χ1v) is 12.8. The van der Waals surface area contributed by atoms with E-state index < -0.39 is 18.0 Å². The number of allylic oxidation sites excluding steroid dienone is 1. The van der Waals surface area contributed by atoms with Crippen molar-refractivity contribution in [2.75, 3.05) is 13.7 Å². The third-order valence-corrected chi connectivity index (χ3v) is 6.95. The van der Waals surface area contributed by atoms with Crippen molar-refractivity contribution < 1.29 is 23.8 Å². The fraction of sp³-hybridized carbons (Fsp3) is 0.185. The lowest BCUT2D eigenvalue weighted by Gasteiger charge is -2.25. The smallest absolute Gasteiger partial charge is 0.338 e. The fourth-order valence-corrected chi connectivity index (χ4v) is 5.42. The standard InChI is InChI=1S/C27H23BrN2O6S/c1-5-11-35-26(33)23-15(2)29-27-30(25(32)22(37-27)13-17-7-6-8-19(28)12-17)24(23)18-9-10-20(36-16(3)31)21(14-18)34-4/h5-10,12-14,24H,1,11H2,2-4H3. The molecule has 0 saturated heterocycles. The maximum absolute atomic E-state index is 13.7. The second-order valence-corrected chi connectivity index (χ2v) is 9.95. The summed E-state index contributed by atoms with van der Waals surface area (Å²) in [5.41, 5.74) is 1.73. The molecule has 37 heavy (non-hydrogen) atoms. The Balaban J connectivity index is 1.95. The van der Waals surface area contributed by atoms with Crippen molar-refractivity contribution in [1.29, 1.82) is 0 Å². The minimum absolute atomic E-state index is 0.00431. The molecule has 0 radical (unpaired) electrons. The molecule has 190 valence electrons. The average Bonchev–Trinajstić information content (AvgIpc) is 3.15. The van der Waals surface area contributed by atoms with Gasteiger partial charge in [0, 0.05) is 11.4 Å². The normalized spacial score (nSPS) is 15.0. The predicted molar refractivity (Wildman–Crippen MR) is 143 cm³/mol. The van der Waals surface area contributed by atoms with E-state index in [-0.39, 0.29) is 29.2 Å². The number of thiazole rings is 1. The minimum atomic E-state index is -0.849. The summed E-state index contributed by atoms with van der Waals surface area (Å²) in [5, 5.41) is 0. The van der Waals surface area contributed by atoms with Gasteiger partial charge in [0.15, 0.2) is 16.3 Å². The van der Waals surface area contributed by atoms with Crippen molar-refractivity contribution in [3.05, 3.63) is 102 Å². The van der Waals surface area contributed by atoms with Crippen LogP contribution in [-0.4, -0.2) is 30.2 Å². The first kappa shape index (κ1) is 26.3. The summed E-state index contributed by atoms with van der Waals surface area (Å²) in [6.07, 6.45) is 3.25. The number of hydrogen-bond donors (Lipinski definition) is 0. The van der Waals surface area contributed by atoms with Crippen LogP contribution in [0.1, 0.15) is 31.0 Å². The molecule has 1 aliphatic heterocycles. The molecule has 1 atom stereocenters. The molecule has 2 aromatic carbocycles. The molecule has 0 aliphatic carbocycles. The van der Waals surface area contributed by atoms with E-state index in [0.29, 0.717) is 20.6 Å². The number of benzene rings is 2. The lowest BCUT2D eigenvalue weighted by molar-refractivity contribution is -0.138. The van der Waals surface area contributed by atoms with Crippen molar-refractivity contribution >= 4 is 45.3 Å². The molecule has 0 spiro atoms. The molecule has 4 rings (SSSR count). The van der Waals surface area contributed by atoms with E-state index in [1.54, 1.807) is 31.2 Å². The predicted octanol–water partition coefficient (Wildman–Crippen LogP) is 3.66. The molecule has 0 fully saturated rings. The number of nitrogens with zero attached hydrogens (tertiary/aromatic N) is 2. The van der Waals surface area contributed by atoms with Gasteiger partial charge in [-0.25, -0.2) is 9.79 Å². The van der Waals surface area contributed by atoms with Gasteiger partial charge in [-0.3, -0.25) is 14.2 Å². The molecule has 0 N–H and O–H groups in total. The van der Waals surface area contributed by atoms with Gasteiger partial charge in [-0.15, -0.1) is 0 Å². The monoisotopic (exact) mass is 582 g/mol. The van der Waals surface area contributed by atoms with Gasteiger partial charge < -0.3 is 14.2 Å². The summed E-state index contributed by atoms with van der Waals surface area (Å²) in [4.78, 5) is 43.4. The first-order chi connectivity index (χ1) is 17.7. The number of carbonyl (C=O) groups is 2. The molecule has 1 unspecified atom stereocenters. The number of carbonyl (C=O) groups excluding carboxylic acids is 2. The van der Waals surface area contributed by atoms with Gasteiger partial charge in [0.25, 0.3) is 5.56 Å². The van der Waals surface area contributed by atoms with Crippen LogP contribution in [0.3, 0.4) is 0 Å². The number of aromatic nitrogens is 1. The van der Waals surface area contributed by atoms with E-state index in [9.17, 15) is 14.4 Å². The number of esters is 2. The Hall–Kier alpha value is -3.76. The zero-order valence-corrected chi connectivity index (χ0v) is 22.7. The highest BCUT2D eigenvalue weighted by atomic mass is 79.9. The highest BCUT2D eigenvalue weighted by Crippen LogP contribution is 2.36. The molecular formula is C27H23BrN2O6S. The first-order valence-electron chi connectivity index (χ1n) is 11.2. The summed E-state index contributed by atoms with van der Waals surface area (Å²) in [5.74, 6) is -0.624. The van der Waals surface area contributed by atoms with Crippen molar-refractivity contribution in [2.45, 2.75) is 19.9 Å². The maximum Gasteiger partial charge on any atom is 0.338 e. The van der Waals surface area contributed by atoms with Gasteiger partial charge >= 0.3 is 11.9 Å². The van der Waals surface area contributed by atoms with E-state index in [2.05, 4.69) is 27.5 Å². The maximum atomic E-state index is 13.7. The summed E-state index contributed by atoms with van der Waals surface area (Å²) >= 11 is 4.68. The number of methoxy groups -OCH3 is 1. The van der Waals surface area contributed by atoms with Crippen molar-refractivity contribution in [3.8, 4) is 11.5 Å². The van der Waals surface area contributed by atoms with Crippen LogP contribution in [0, 0.1) is 0 Å². The molecule has 0 amide bonds. The van der Waals surface area contributed by atoms with Gasteiger partial charge in [0.1, 0.15) is 6.61 Å². The van der Waals surface area contributed by atoms with Crippen molar-refractivity contribution in [1.82, 2.24) is 4.57 Å². The minimum Gasteiger partial charge on any atom is -0.493 e. The highest BCUT2D eigenvalue weighted by Gasteiger charge is 2.34. The van der Waals surface area contributed by atoms with E-state index in [1.165, 1.54) is 36.0 Å². The Morgan fingerprint density at radius 3 is 2.68 bits per heavy atom. The lowest BCUT2D eigenvalue weighted by Crippen LogP contribution is -2.40. The molecule has 2 heterocycles. The van der Waals surface area contributed by atoms with Crippen LogP contribution in [0.5, 0.6) is 11.5 Å². The van der Waals surface area contributed by atoms with Gasteiger partial charge in [-0.05, 0) is 48.4 Å². The van der Waals surface area contributed by atoms with Crippen LogP contribution >= 0.6 is 27.3 Å². The van der Waals surface area contributed by atoms with Crippen LogP contribution < -0.4 is 24.4 Å². The van der Waals surface area contributed by atoms with E-state index in [4.69, 9.17) is 14.2 Å². The van der Waals surface area contributed by atoms with Crippen LogP contribution in [0.2, 0.25) is 0 Å². The van der Waals surface area contributed by atoms with Crippen LogP contribution in [0.25, 0.3) is 6.08 Å².